The summed E-state index contributed by atoms with van der Waals surface area (Å²) in [5.74, 6) is 1.08. The lowest BCUT2D eigenvalue weighted by atomic mass is 10.3. The van der Waals surface area contributed by atoms with Gasteiger partial charge in [0.1, 0.15) is 5.82 Å². The van der Waals surface area contributed by atoms with Crippen molar-refractivity contribution in [3.8, 4) is 0 Å². The van der Waals surface area contributed by atoms with Crippen LogP contribution in [0.25, 0.3) is 0 Å². The molecule has 0 atom stereocenters. The van der Waals surface area contributed by atoms with E-state index in [0.29, 0.717) is 12.6 Å². The number of aromatic nitrogens is 1. The highest BCUT2D eigenvalue weighted by molar-refractivity contribution is 5.42. The van der Waals surface area contributed by atoms with Crippen LogP contribution in [-0.4, -0.2) is 24.1 Å². The van der Waals surface area contributed by atoms with Crippen molar-refractivity contribution in [2.45, 2.75) is 25.8 Å². The first-order valence-corrected chi connectivity index (χ1v) is 5.21. The molecule has 0 aromatic carbocycles. The van der Waals surface area contributed by atoms with Gasteiger partial charge in [0.15, 0.2) is 0 Å². The molecule has 1 aliphatic rings. The number of nitrogens with zero attached hydrogens (tertiary/aromatic N) is 2. The Hall–Kier alpha value is -1.09. The van der Waals surface area contributed by atoms with Gasteiger partial charge in [-0.1, -0.05) is 6.07 Å². The highest BCUT2D eigenvalue weighted by Crippen LogP contribution is 2.30. The number of hydrogen-bond acceptors (Lipinski definition) is 3. The summed E-state index contributed by atoms with van der Waals surface area (Å²) in [4.78, 5) is 6.85. The highest BCUT2D eigenvalue weighted by Gasteiger charge is 2.29. The second kappa shape index (κ2) is 3.96. The average Bonchev–Trinajstić information content (AvgIpc) is 2.97. The molecule has 0 radical (unpaired) electrons. The van der Waals surface area contributed by atoms with E-state index in [2.05, 4.69) is 22.0 Å². The topological polar surface area (TPSA) is 42.1 Å². The van der Waals surface area contributed by atoms with Crippen molar-refractivity contribution < 1.29 is 0 Å². The molecule has 3 nitrogen and oxygen atoms in total. The van der Waals surface area contributed by atoms with Crippen LogP contribution in [0, 0.1) is 6.92 Å². The zero-order valence-corrected chi connectivity index (χ0v) is 8.61. The zero-order chi connectivity index (χ0) is 9.97. The van der Waals surface area contributed by atoms with E-state index in [9.17, 15) is 0 Å². The molecular weight excluding hydrogens is 174 g/mol. The molecule has 0 aliphatic heterocycles. The van der Waals surface area contributed by atoms with E-state index in [1.165, 1.54) is 12.8 Å². The first-order chi connectivity index (χ1) is 6.81. The molecule has 3 heteroatoms. The maximum absolute atomic E-state index is 5.60. The highest BCUT2D eigenvalue weighted by atomic mass is 15.2. The van der Waals surface area contributed by atoms with Crippen molar-refractivity contribution in [3.63, 3.8) is 0 Å². The molecule has 76 valence electrons. The second-order valence-corrected chi connectivity index (χ2v) is 3.85. The van der Waals surface area contributed by atoms with E-state index in [1.807, 2.05) is 13.0 Å². The Bertz CT molecular complexity index is 307. The van der Waals surface area contributed by atoms with Crippen LogP contribution >= 0.6 is 0 Å². The standard InChI is InChI=1S/C11H17N3/c1-9-3-2-4-11(13-9)14(8-7-12)10-5-6-10/h2-4,10H,5-8,12H2,1H3. The molecule has 14 heavy (non-hydrogen) atoms. The Balaban J connectivity index is 2.16. The summed E-state index contributed by atoms with van der Waals surface area (Å²) in [7, 11) is 0. The van der Waals surface area contributed by atoms with Crippen LogP contribution in [0.5, 0.6) is 0 Å². The van der Waals surface area contributed by atoms with Crippen LogP contribution in [0.2, 0.25) is 0 Å². The zero-order valence-electron chi connectivity index (χ0n) is 8.61. The molecule has 2 rings (SSSR count). The summed E-state index contributed by atoms with van der Waals surface area (Å²) in [6, 6.07) is 6.84. The number of nitrogens with two attached hydrogens (primary N) is 1. The molecule has 0 bridgehead atoms. The van der Waals surface area contributed by atoms with Crippen molar-refractivity contribution >= 4 is 5.82 Å². The van der Waals surface area contributed by atoms with E-state index in [4.69, 9.17) is 5.73 Å². The van der Waals surface area contributed by atoms with Crippen LogP contribution < -0.4 is 10.6 Å². The lowest BCUT2D eigenvalue weighted by Gasteiger charge is -2.22. The molecule has 0 unspecified atom stereocenters. The summed E-state index contributed by atoms with van der Waals surface area (Å²) in [5, 5.41) is 0. The quantitative estimate of drug-likeness (QED) is 0.780. The van der Waals surface area contributed by atoms with E-state index in [0.717, 1.165) is 18.1 Å². The minimum atomic E-state index is 0.688. The first kappa shape index (κ1) is 9.46. The van der Waals surface area contributed by atoms with Gasteiger partial charge in [0.2, 0.25) is 0 Å². The summed E-state index contributed by atoms with van der Waals surface area (Å²) in [6.45, 7) is 3.64. The lowest BCUT2D eigenvalue weighted by Crippen LogP contribution is -2.32. The maximum atomic E-state index is 5.60. The van der Waals surface area contributed by atoms with Gasteiger partial charge in [0.05, 0.1) is 0 Å². The normalized spacial score (nSPS) is 15.6. The van der Waals surface area contributed by atoms with Crippen molar-refractivity contribution in [1.82, 2.24) is 4.98 Å². The van der Waals surface area contributed by atoms with Gasteiger partial charge in [-0.05, 0) is 31.9 Å². The number of aryl methyl sites for hydroxylation is 1. The van der Waals surface area contributed by atoms with Gasteiger partial charge >= 0.3 is 0 Å². The third-order valence-electron chi connectivity index (χ3n) is 2.53. The van der Waals surface area contributed by atoms with Gasteiger partial charge in [0.25, 0.3) is 0 Å². The van der Waals surface area contributed by atoms with E-state index < -0.39 is 0 Å². The van der Waals surface area contributed by atoms with Crippen LogP contribution in [0.1, 0.15) is 18.5 Å². The Morgan fingerprint density at radius 2 is 2.29 bits per heavy atom. The molecule has 1 aromatic heterocycles. The van der Waals surface area contributed by atoms with Crippen molar-refractivity contribution in [3.05, 3.63) is 23.9 Å². The Morgan fingerprint density at radius 3 is 2.86 bits per heavy atom. The number of hydrogen-bond donors (Lipinski definition) is 1. The lowest BCUT2D eigenvalue weighted by molar-refractivity contribution is 0.769. The Morgan fingerprint density at radius 1 is 1.50 bits per heavy atom. The fourth-order valence-electron chi connectivity index (χ4n) is 1.70. The number of rotatable bonds is 4. The maximum Gasteiger partial charge on any atom is 0.129 e. The summed E-state index contributed by atoms with van der Waals surface area (Å²) >= 11 is 0. The third-order valence-corrected chi connectivity index (χ3v) is 2.53. The summed E-state index contributed by atoms with van der Waals surface area (Å²) in [6.07, 6.45) is 2.57. The van der Waals surface area contributed by atoms with Crippen molar-refractivity contribution in [1.29, 1.82) is 0 Å². The summed E-state index contributed by atoms with van der Waals surface area (Å²) < 4.78 is 0. The Kier molecular flexibility index (Phi) is 2.68. The van der Waals surface area contributed by atoms with Crippen LogP contribution in [0.3, 0.4) is 0 Å². The number of pyridine rings is 1. The van der Waals surface area contributed by atoms with E-state index >= 15 is 0 Å². The molecule has 1 fully saturated rings. The van der Waals surface area contributed by atoms with Crippen molar-refractivity contribution in [2.75, 3.05) is 18.0 Å². The van der Waals surface area contributed by atoms with Gasteiger partial charge in [-0.3, -0.25) is 0 Å². The van der Waals surface area contributed by atoms with Crippen LogP contribution in [0.4, 0.5) is 5.82 Å². The largest absolute Gasteiger partial charge is 0.352 e. The smallest absolute Gasteiger partial charge is 0.129 e. The third kappa shape index (κ3) is 2.04. The van der Waals surface area contributed by atoms with Gasteiger partial charge in [-0.2, -0.15) is 0 Å². The van der Waals surface area contributed by atoms with Crippen LogP contribution in [-0.2, 0) is 0 Å². The second-order valence-electron chi connectivity index (χ2n) is 3.85. The molecule has 1 heterocycles. The monoisotopic (exact) mass is 191 g/mol. The van der Waals surface area contributed by atoms with Gasteiger partial charge in [-0.25, -0.2) is 4.98 Å². The van der Waals surface area contributed by atoms with E-state index in [1.54, 1.807) is 0 Å². The Labute approximate surface area is 84.9 Å². The molecule has 1 saturated carbocycles. The van der Waals surface area contributed by atoms with Gasteiger partial charge < -0.3 is 10.6 Å². The van der Waals surface area contributed by atoms with Gasteiger partial charge in [0, 0.05) is 24.8 Å². The summed E-state index contributed by atoms with van der Waals surface area (Å²) in [5.41, 5.74) is 6.68. The SMILES string of the molecule is Cc1cccc(N(CCN)C2CC2)n1. The minimum Gasteiger partial charge on any atom is -0.352 e. The molecule has 1 aromatic rings. The fraction of sp³-hybridized carbons (Fsp3) is 0.545. The predicted octanol–water partition coefficient (Wildman–Crippen LogP) is 1.32. The molecule has 1 aliphatic carbocycles. The van der Waals surface area contributed by atoms with E-state index in [-0.39, 0.29) is 0 Å². The first-order valence-electron chi connectivity index (χ1n) is 5.21. The molecule has 0 spiro atoms. The number of anilines is 1. The predicted molar refractivity (Wildman–Crippen MR) is 58.4 cm³/mol. The average molecular weight is 191 g/mol. The fourth-order valence-corrected chi connectivity index (χ4v) is 1.70. The minimum absolute atomic E-state index is 0.688. The molecule has 2 N–H and O–H groups in total. The molecular formula is C11H17N3. The molecule has 0 amide bonds. The van der Waals surface area contributed by atoms with Crippen molar-refractivity contribution in [2.24, 2.45) is 5.73 Å². The molecule has 0 saturated heterocycles. The van der Waals surface area contributed by atoms with Crippen LogP contribution in [0.15, 0.2) is 18.2 Å². The van der Waals surface area contributed by atoms with Gasteiger partial charge in [-0.15, -0.1) is 0 Å².